The minimum Gasteiger partial charge on any atom is -0.444 e. The Hall–Kier alpha value is -2.23. The van der Waals surface area contributed by atoms with Crippen molar-refractivity contribution >= 4 is 12.0 Å². The van der Waals surface area contributed by atoms with Crippen LogP contribution in [0.25, 0.3) is 0 Å². The van der Waals surface area contributed by atoms with Gasteiger partial charge in [0, 0.05) is 24.7 Å². The number of nitriles is 1. The topological polar surface area (TPSA) is 108 Å². The molecule has 0 radical (unpaired) electrons. The number of ether oxygens (including phenoxy) is 1. The average molecular weight is 360 g/mol. The number of fused-ring (bicyclic) bond motifs is 1. The van der Waals surface area contributed by atoms with Crippen LogP contribution in [0.3, 0.4) is 0 Å². The Bertz CT molecular complexity index is 715. The van der Waals surface area contributed by atoms with Gasteiger partial charge in [0.2, 0.25) is 5.91 Å². The summed E-state index contributed by atoms with van der Waals surface area (Å²) in [4.78, 5) is 26.9. The van der Waals surface area contributed by atoms with Crippen LogP contribution >= 0.6 is 0 Å². The molecule has 3 heterocycles. The highest BCUT2D eigenvalue weighted by Gasteiger charge is 2.63. The molecule has 0 saturated carbocycles. The minimum atomic E-state index is -0.766. The number of piperidine rings is 2. The predicted octanol–water partition coefficient (Wildman–Crippen LogP) is 1.75. The number of hydrogen-bond acceptors (Lipinski definition) is 5. The molecule has 2 bridgehead atoms. The lowest BCUT2D eigenvalue weighted by Gasteiger charge is -2.60. The second kappa shape index (κ2) is 5.90. The molecule has 2 amide bonds. The molecule has 3 N–H and O–H groups in total. The lowest BCUT2D eigenvalue weighted by Crippen LogP contribution is -2.74. The number of carbonyl (C=O) groups is 2. The Morgan fingerprint density at radius 3 is 2.65 bits per heavy atom. The van der Waals surface area contributed by atoms with Gasteiger partial charge in [0.15, 0.2) is 0 Å². The number of nitrogens with one attached hydrogen (secondary N) is 1. The van der Waals surface area contributed by atoms with E-state index in [4.69, 9.17) is 10.5 Å². The van der Waals surface area contributed by atoms with Crippen molar-refractivity contribution in [2.45, 2.75) is 52.2 Å². The summed E-state index contributed by atoms with van der Waals surface area (Å²) in [6.07, 6.45) is 0.125. The van der Waals surface area contributed by atoms with E-state index >= 15 is 0 Å². The van der Waals surface area contributed by atoms with Crippen molar-refractivity contribution in [1.29, 1.82) is 5.26 Å². The molecule has 0 unspecified atom stereocenters. The maximum absolute atomic E-state index is 12.7. The maximum Gasteiger partial charge on any atom is 0.410 e. The summed E-state index contributed by atoms with van der Waals surface area (Å²) in [6, 6.07) is 2.24. The molecule has 1 aliphatic carbocycles. The van der Waals surface area contributed by atoms with Crippen LogP contribution in [-0.4, -0.2) is 41.1 Å². The Morgan fingerprint density at radius 1 is 1.46 bits per heavy atom. The quantitative estimate of drug-likeness (QED) is 0.740. The molecule has 4 atom stereocenters. The van der Waals surface area contributed by atoms with Gasteiger partial charge in [0.1, 0.15) is 5.60 Å². The van der Waals surface area contributed by atoms with Gasteiger partial charge in [-0.3, -0.25) is 4.79 Å². The van der Waals surface area contributed by atoms with E-state index in [-0.39, 0.29) is 29.8 Å². The average Bonchev–Trinajstić information content (AvgIpc) is 2.51. The minimum absolute atomic E-state index is 0.00825. The molecular weight excluding hydrogens is 332 g/mol. The summed E-state index contributed by atoms with van der Waals surface area (Å²) < 4.78 is 5.52. The van der Waals surface area contributed by atoms with Crippen molar-refractivity contribution in [3.8, 4) is 6.07 Å². The summed E-state index contributed by atoms with van der Waals surface area (Å²) in [7, 11) is 0. The molecule has 0 aromatic carbocycles. The van der Waals surface area contributed by atoms with E-state index in [9.17, 15) is 14.9 Å². The zero-order chi connectivity index (χ0) is 19.4. The van der Waals surface area contributed by atoms with Crippen molar-refractivity contribution in [3.63, 3.8) is 0 Å². The van der Waals surface area contributed by atoms with Gasteiger partial charge in [-0.15, -0.1) is 0 Å². The second-order valence-corrected chi connectivity index (χ2v) is 8.98. The first kappa shape index (κ1) is 18.6. The Morgan fingerprint density at radius 2 is 2.12 bits per heavy atom. The van der Waals surface area contributed by atoms with Crippen molar-refractivity contribution < 1.29 is 14.3 Å². The van der Waals surface area contributed by atoms with E-state index in [1.807, 2.05) is 20.8 Å². The third-order valence-electron chi connectivity index (χ3n) is 5.91. The van der Waals surface area contributed by atoms with Crippen LogP contribution in [0.4, 0.5) is 4.79 Å². The van der Waals surface area contributed by atoms with Crippen molar-refractivity contribution in [2.24, 2.45) is 29.4 Å². The lowest BCUT2D eigenvalue weighted by molar-refractivity contribution is -0.140. The Kier molecular flexibility index (Phi) is 4.21. The fourth-order valence-corrected chi connectivity index (χ4v) is 4.93. The monoisotopic (exact) mass is 360 g/mol. The van der Waals surface area contributed by atoms with Crippen molar-refractivity contribution in [1.82, 2.24) is 10.2 Å². The standard InChI is InChI=1S/C19H28N4O3/c1-10(2)13-12-9-23(17(25)26-18(3,4)5)7-6-19(12)11(8-20)15(21)14(13)16(24)22-19/h10,12-14H,6-7,9,21H2,1-5H3,(H,22,24)/t12-,13+,14-,19-/m1/s1. The number of likely N-dealkylation sites (tertiary alicyclic amines) is 1. The van der Waals surface area contributed by atoms with Crippen LogP contribution in [0.15, 0.2) is 11.3 Å². The lowest BCUT2D eigenvalue weighted by atomic mass is 9.53. The number of carbonyl (C=O) groups excluding carboxylic acids is 2. The third kappa shape index (κ3) is 2.63. The van der Waals surface area contributed by atoms with Crippen LogP contribution in [0, 0.1) is 35.0 Å². The molecule has 142 valence electrons. The molecule has 0 aromatic rings. The molecule has 7 heteroatoms. The molecule has 0 aromatic heterocycles. The summed E-state index contributed by atoms with van der Waals surface area (Å²) in [5, 5.41) is 12.8. The van der Waals surface area contributed by atoms with Crippen LogP contribution in [0.5, 0.6) is 0 Å². The summed E-state index contributed by atoms with van der Waals surface area (Å²) in [5.74, 6) is -0.454. The molecule has 2 fully saturated rings. The second-order valence-electron chi connectivity index (χ2n) is 8.98. The van der Waals surface area contributed by atoms with Gasteiger partial charge in [-0.1, -0.05) is 13.8 Å². The van der Waals surface area contributed by atoms with Crippen molar-refractivity contribution in [2.75, 3.05) is 13.1 Å². The van der Waals surface area contributed by atoms with Gasteiger partial charge in [-0.2, -0.15) is 5.26 Å². The van der Waals surface area contributed by atoms with Crippen LogP contribution in [0.2, 0.25) is 0 Å². The van der Waals surface area contributed by atoms with Gasteiger partial charge in [0.05, 0.1) is 23.1 Å². The SMILES string of the molecule is CC(C)[C@@H]1[C@H]2C(=O)N[C@]3(CCN(C(=O)OC(C)(C)C)C[C@H]13)C(C#N)=C2N. The fraction of sp³-hybridized carbons (Fsp3) is 0.737. The number of hydrogen-bond donors (Lipinski definition) is 2. The van der Waals surface area contributed by atoms with E-state index < -0.39 is 17.1 Å². The largest absolute Gasteiger partial charge is 0.444 e. The Labute approximate surface area is 154 Å². The van der Waals surface area contributed by atoms with E-state index in [2.05, 4.69) is 25.2 Å². The summed E-state index contributed by atoms with van der Waals surface area (Å²) >= 11 is 0. The van der Waals surface area contributed by atoms with Gasteiger partial charge in [-0.25, -0.2) is 4.79 Å². The van der Waals surface area contributed by atoms with E-state index in [1.165, 1.54) is 0 Å². The summed E-state index contributed by atoms with van der Waals surface area (Å²) in [5.41, 5.74) is 5.83. The van der Waals surface area contributed by atoms with Crippen LogP contribution in [-0.2, 0) is 9.53 Å². The predicted molar refractivity (Wildman–Crippen MR) is 95.4 cm³/mol. The third-order valence-corrected chi connectivity index (χ3v) is 5.91. The fourth-order valence-electron chi connectivity index (χ4n) is 4.93. The zero-order valence-corrected chi connectivity index (χ0v) is 16.1. The maximum atomic E-state index is 12.7. The summed E-state index contributed by atoms with van der Waals surface area (Å²) in [6.45, 7) is 10.5. The number of nitrogens with two attached hydrogens (primary N) is 1. The van der Waals surface area contributed by atoms with Gasteiger partial charge in [0.25, 0.3) is 0 Å². The number of nitrogens with zero attached hydrogens (tertiary/aromatic N) is 2. The molecule has 1 spiro atoms. The number of rotatable bonds is 1. The highest BCUT2D eigenvalue weighted by Crippen LogP contribution is 2.53. The zero-order valence-electron chi connectivity index (χ0n) is 16.1. The van der Waals surface area contributed by atoms with Crippen molar-refractivity contribution in [3.05, 3.63) is 11.3 Å². The highest BCUT2D eigenvalue weighted by molar-refractivity contribution is 5.88. The first-order chi connectivity index (χ1) is 12.0. The molecule has 3 aliphatic heterocycles. The van der Waals surface area contributed by atoms with Crippen LogP contribution in [0.1, 0.15) is 41.0 Å². The van der Waals surface area contributed by atoms with Gasteiger partial charge < -0.3 is 20.7 Å². The normalized spacial score (nSPS) is 33.7. The van der Waals surface area contributed by atoms with Gasteiger partial charge in [-0.05, 0) is 39.0 Å². The first-order valence-electron chi connectivity index (χ1n) is 9.22. The number of amides is 2. The molecule has 26 heavy (non-hydrogen) atoms. The van der Waals surface area contributed by atoms with E-state index in [0.717, 1.165) is 0 Å². The van der Waals surface area contributed by atoms with E-state index in [1.54, 1.807) is 4.90 Å². The molecule has 4 rings (SSSR count). The van der Waals surface area contributed by atoms with E-state index in [0.29, 0.717) is 30.8 Å². The van der Waals surface area contributed by atoms with Gasteiger partial charge >= 0.3 is 6.09 Å². The van der Waals surface area contributed by atoms with Crippen LogP contribution < -0.4 is 11.1 Å². The smallest absolute Gasteiger partial charge is 0.410 e. The first-order valence-corrected chi connectivity index (χ1v) is 9.22. The molecule has 7 nitrogen and oxygen atoms in total. The Balaban J connectivity index is 1.98. The molecular formula is C19H28N4O3. The molecule has 4 aliphatic rings. The highest BCUT2D eigenvalue weighted by atomic mass is 16.6. The molecule has 2 saturated heterocycles.